The lowest BCUT2D eigenvalue weighted by Crippen LogP contribution is -1.83. The van der Waals surface area contributed by atoms with Crippen LogP contribution in [0.4, 0.5) is 0 Å². The van der Waals surface area contributed by atoms with E-state index in [0.29, 0.717) is 0 Å². The summed E-state index contributed by atoms with van der Waals surface area (Å²) in [5.41, 5.74) is 2.80. The first-order chi connectivity index (χ1) is 5.79. The summed E-state index contributed by atoms with van der Waals surface area (Å²) in [7, 11) is 0. The maximum atomic E-state index is 4.00. The van der Waals surface area contributed by atoms with Crippen molar-refractivity contribution < 1.29 is 0 Å². The SMILES string of the molecule is C=C1C=CCCCC(C)=CCC1. The molecule has 1 rings (SSSR count). The van der Waals surface area contributed by atoms with E-state index in [9.17, 15) is 0 Å². The third-order valence-corrected chi connectivity index (χ3v) is 2.25. The predicted molar refractivity (Wildman–Crippen MR) is 55.1 cm³/mol. The van der Waals surface area contributed by atoms with Crippen LogP contribution in [0.25, 0.3) is 0 Å². The van der Waals surface area contributed by atoms with E-state index in [1.165, 1.54) is 30.4 Å². The van der Waals surface area contributed by atoms with Crippen molar-refractivity contribution in [1.29, 1.82) is 0 Å². The molecule has 0 N–H and O–H groups in total. The van der Waals surface area contributed by atoms with Gasteiger partial charge in [0.05, 0.1) is 0 Å². The van der Waals surface area contributed by atoms with Crippen LogP contribution in [0.1, 0.15) is 39.0 Å². The van der Waals surface area contributed by atoms with Crippen LogP contribution in [-0.4, -0.2) is 0 Å². The Morgan fingerprint density at radius 3 is 2.92 bits per heavy atom. The topological polar surface area (TPSA) is 0 Å². The Hall–Kier alpha value is -0.780. The minimum Gasteiger partial charge on any atom is -0.0958 e. The summed E-state index contributed by atoms with van der Waals surface area (Å²) in [5, 5.41) is 0. The summed E-state index contributed by atoms with van der Waals surface area (Å²) in [6, 6.07) is 0. The van der Waals surface area contributed by atoms with E-state index < -0.39 is 0 Å². The molecule has 0 heterocycles. The van der Waals surface area contributed by atoms with Crippen LogP contribution in [0.2, 0.25) is 0 Å². The van der Waals surface area contributed by atoms with Crippen molar-refractivity contribution in [3.05, 3.63) is 36.0 Å². The van der Waals surface area contributed by atoms with E-state index in [1.54, 1.807) is 0 Å². The normalized spacial score (nSPS) is 20.4. The highest BCUT2D eigenvalue weighted by atomic mass is 14.0. The Labute approximate surface area is 75.7 Å². The Morgan fingerprint density at radius 2 is 2.08 bits per heavy atom. The Bertz CT molecular complexity index is 206. The zero-order valence-electron chi connectivity index (χ0n) is 7.97. The number of rotatable bonds is 0. The molecule has 1 aliphatic rings. The quantitative estimate of drug-likeness (QED) is 0.472. The van der Waals surface area contributed by atoms with Crippen molar-refractivity contribution in [1.82, 2.24) is 0 Å². The largest absolute Gasteiger partial charge is 0.0958 e. The molecule has 0 fully saturated rings. The molecule has 0 nitrogen and oxygen atoms in total. The molecule has 0 spiro atoms. The van der Waals surface area contributed by atoms with Crippen molar-refractivity contribution >= 4 is 0 Å². The minimum absolute atomic E-state index is 1.12. The second kappa shape index (κ2) is 4.97. The fraction of sp³-hybridized carbons (Fsp3) is 0.500. The molecule has 0 aromatic rings. The maximum Gasteiger partial charge on any atom is -0.0250 e. The Kier molecular flexibility index (Phi) is 3.86. The van der Waals surface area contributed by atoms with E-state index in [4.69, 9.17) is 0 Å². The first-order valence-corrected chi connectivity index (χ1v) is 4.79. The third kappa shape index (κ3) is 3.56. The van der Waals surface area contributed by atoms with Crippen molar-refractivity contribution in [3.8, 4) is 0 Å². The van der Waals surface area contributed by atoms with Crippen LogP contribution in [0.5, 0.6) is 0 Å². The monoisotopic (exact) mass is 162 g/mol. The molecule has 0 aromatic carbocycles. The van der Waals surface area contributed by atoms with Crippen LogP contribution in [0.15, 0.2) is 36.0 Å². The first kappa shape index (κ1) is 9.31. The van der Waals surface area contributed by atoms with Crippen LogP contribution in [0.3, 0.4) is 0 Å². The second-order valence-electron chi connectivity index (χ2n) is 3.54. The molecule has 66 valence electrons. The molecular formula is C12H18. The van der Waals surface area contributed by atoms with Gasteiger partial charge in [-0.3, -0.25) is 0 Å². The Balaban J connectivity index is 2.50. The van der Waals surface area contributed by atoms with Gasteiger partial charge >= 0.3 is 0 Å². The molecule has 0 saturated carbocycles. The summed E-state index contributed by atoms with van der Waals surface area (Å²) in [6.45, 7) is 6.23. The molecule has 0 atom stereocenters. The fourth-order valence-corrected chi connectivity index (χ4v) is 1.44. The van der Waals surface area contributed by atoms with Crippen LogP contribution >= 0.6 is 0 Å². The third-order valence-electron chi connectivity index (χ3n) is 2.25. The van der Waals surface area contributed by atoms with Gasteiger partial charge in [-0.15, -0.1) is 0 Å². The fourth-order valence-electron chi connectivity index (χ4n) is 1.44. The van der Waals surface area contributed by atoms with Crippen molar-refractivity contribution in [3.63, 3.8) is 0 Å². The molecular weight excluding hydrogens is 144 g/mol. The summed E-state index contributed by atoms with van der Waals surface area (Å²) in [5.74, 6) is 0. The van der Waals surface area contributed by atoms with Gasteiger partial charge in [-0.05, 0) is 39.0 Å². The highest BCUT2D eigenvalue weighted by Crippen LogP contribution is 2.14. The molecule has 0 aromatic heterocycles. The molecule has 0 unspecified atom stereocenters. The van der Waals surface area contributed by atoms with E-state index in [-0.39, 0.29) is 0 Å². The van der Waals surface area contributed by atoms with Crippen molar-refractivity contribution in [2.75, 3.05) is 0 Å². The highest BCUT2D eigenvalue weighted by Gasteiger charge is 1.94. The van der Waals surface area contributed by atoms with Gasteiger partial charge in [-0.1, -0.05) is 36.0 Å². The van der Waals surface area contributed by atoms with Gasteiger partial charge in [0.2, 0.25) is 0 Å². The maximum absolute atomic E-state index is 4.00. The van der Waals surface area contributed by atoms with Gasteiger partial charge in [0.1, 0.15) is 0 Å². The van der Waals surface area contributed by atoms with Gasteiger partial charge in [-0.25, -0.2) is 0 Å². The molecule has 0 amide bonds. The lowest BCUT2D eigenvalue weighted by molar-refractivity contribution is 0.816. The molecule has 12 heavy (non-hydrogen) atoms. The number of allylic oxidation sites excluding steroid dienone is 5. The van der Waals surface area contributed by atoms with Gasteiger partial charge < -0.3 is 0 Å². The van der Waals surface area contributed by atoms with Gasteiger partial charge in [0.15, 0.2) is 0 Å². The van der Waals surface area contributed by atoms with E-state index in [0.717, 1.165) is 12.8 Å². The van der Waals surface area contributed by atoms with Gasteiger partial charge in [0.25, 0.3) is 0 Å². The van der Waals surface area contributed by atoms with E-state index >= 15 is 0 Å². The van der Waals surface area contributed by atoms with Gasteiger partial charge in [-0.2, -0.15) is 0 Å². The van der Waals surface area contributed by atoms with E-state index in [2.05, 4.69) is 31.7 Å². The number of hydrogen-bond donors (Lipinski definition) is 0. The van der Waals surface area contributed by atoms with Crippen molar-refractivity contribution in [2.24, 2.45) is 0 Å². The zero-order chi connectivity index (χ0) is 8.81. The molecule has 0 bridgehead atoms. The molecule has 0 saturated heterocycles. The summed E-state index contributed by atoms with van der Waals surface area (Å²) in [6.07, 6.45) is 12.8. The average Bonchev–Trinajstić information content (AvgIpc) is 2.04. The summed E-state index contributed by atoms with van der Waals surface area (Å²) >= 11 is 0. The zero-order valence-corrected chi connectivity index (χ0v) is 7.97. The van der Waals surface area contributed by atoms with Crippen LogP contribution < -0.4 is 0 Å². The molecule has 0 aliphatic heterocycles. The highest BCUT2D eigenvalue weighted by molar-refractivity contribution is 5.16. The second-order valence-corrected chi connectivity index (χ2v) is 3.54. The Morgan fingerprint density at radius 1 is 1.25 bits per heavy atom. The minimum atomic E-state index is 1.12. The van der Waals surface area contributed by atoms with Crippen molar-refractivity contribution in [2.45, 2.75) is 39.0 Å². The standard InChI is InChI=1S/C12H18/c1-11-7-4-3-5-8-12(2)10-6-9-11/h4,7,10H,1,3,5-6,8-9H2,2H3. The first-order valence-electron chi connectivity index (χ1n) is 4.79. The van der Waals surface area contributed by atoms with Crippen LogP contribution in [0, 0.1) is 0 Å². The van der Waals surface area contributed by atoms with Gasteiger partial charge in [0, 0.05) is 0 Å². The summed E-state index contributed by atoms with van der Waals surface area (Å²) in [4.78, 5) is 0. The molecule has 0 heteroatoms. The predicted octanol–water partition coefficient (Wildman–Crippen LogP) is 4.01. The van der Waals surface area contributed by atoms with Crippen LogP contribution in [-0.2, 0) is 0 Å². The average molecular weight is 162 g/mol. The smallest absolute Gasteiger partial charge is 0.0250 e. The molecule has 1 aliphatic carbocycles. The lowest BCUT2D eigenvalue weighted by atomic mass is 10.0. The number of hydrogen-bond acceptors (Lipinski definition) is 0. The summed E-state index contributed by atoms with van der Waals surface area (Å²) < 4.78 is 0. The lowest BCUT2D eigenvalue weighted by Gasteiger charge is -2.03. The van der Waals surface area contributed by atoms with E-state index in [1.807, 2.05) is 0 Å². The molecule has 0 radical (unpaired) electrons.